The first-order chi connectivity index (χ1) is 6.74. The molecule has 0 spiro atoms. The number of carboxylic acids is 1. The van der Waals surface area contributed by atoms with Crippen LogP contribution >= 0.6 is 0 Å². The fraction of sp³-hybridized carbons (Fsp3) is 0.800. The van der Waals surface area contributed by atoms with Gasteiger partial charge in [-0.15, -0.1) is 0 Å². The minimum absolute atomic E-state index is 0.0258. The average Bonchev–Trinajstić information content (AvgIpc) is 1.99. The van der Waals surface area contributed by atoms with Crippen LogP contribution in [0.4, 0.5) is 0 Å². The van der Waals surface area contributed by atoms with Crippen molar-refractivity contribution in [2.75, 3.05) is 6.54 Å². The zero-order valence-electron chi connectivity index (χ0n) is 9.54. The van der Waals surface area contributed by atoms with Gasteiger partial charge in [-0.25, -0.2) is 0 Å². The fourth-order valence-electron chi connectivity index (χ4n) is 1.41. The summed E-state index contributed by atoms with van der Waals surface area (Å²) in [6, 6.07) is -0.349. The molecule has 1 amide bonds. The maximum absolute atomic E-state index is 11.1. The highest BCUT2D eigenvalue weighted by Gasteiger charge is 2.22. The van der Waals surface area contributed by atoms with E-state index in [-0.39, 0.29) is 30.3 Å². The summed E-state index contributed by atoms with van der Waals surface area (Å²) in [5.41, 5.74) is 5.13. The van der Waals surface area contributed by atoms with E-state index in [0.717, 1.165) is 0 Å². The summed E-state index contributed by atoms with van der Waals surface area (Å²) in [6.45, 7) is 5.88. The van der Waals surface area contributed by atoms with E-state index in [0.29, 0.717) is 6.42 Å². The maximum Gasteiger partial charge on any atom is 0.305 e. The summed E-state index contributed by atoms with van der Waals surface area (Å²) in [5, 5.41) is 11.3. The summed E-state index contributed by atoms with van der Waals surface area (Å²) in [7, 11) is 0. The highest BCUT2D eigenvalue weighted by atomic mass is 16.4. The number of nitrogens with two attached hydrogens (primary N) is 1. The molecule has 1 unspecified atom stereocenters. The molecule has 0 aliphatic rings. The van der Waals surface area contributed by atoms with E-state index in [1.54, 1.807) is 0 Å². The lowest BCUT2D eigenvalue weighted by Gasteiger charge is -2.25. The van der Waals surface area contributed by atoms with Crippen molar-refractivity contribution in [2.45, 2.75) is 39.7 Å². The van der Waals surface area contributed by atoms with Crippen molar-refractivity contribution >= 4 is 11.9 Å². The van der Waals surface area contributed by atoms with Crippen LogP contribution in [0, 0.1) is 5.41 Å². The molecular weight excluding hydrogens is 196 g/mol. The standard InChI is InChI=1S/C10H20N2O3/c1-10(2,3)5-7(4-9(14)15)12-8(13)6-11/h7H,4-6,11H2,1-3H3,(H,12,13)(H,14,15). The molecule has 0 radical (unpaired) electrons. The number of nitrogens with one attached hydrogen (secondary N) is 1. The van der Waals surface area contributed by atoms with Gasteiger partial charge >= 0.3 is 5.97 Å². The molecule has 0 aromatic heterocycles. The summed E-state index contributed by atoms with van der Waals surface area (Å²) in [5.74, 6) is -1.23. The lowest BCUT2D eigenvalue weighted by atomic mass is 9.87. The molecule has 0 rings (SSSR count). The van der Waals surface area contributed by atoms with Gasteiger partial charge in [0.15, 0.2) is 0 Å². The summed E-state index contributed by atoms with van der Waals surface area (Å²) in [6.07, 6.45) is 0.550. The predicted octanol–water partition coefficient (Wildman–Crippen LogP) is 0.341. The quantitative estimate of drug-likeness (QED) is 0.618. The second-order valence-electron chi connectivity index (χ2n) is 4.83. The number of carboxylic acid groups (broad SMARTS) is 1. The van der Waals surface area contributed by atoms with Crippen LogP contribution in [0.3, 0.4) is 0 Å². The number of hydrogen-bond acceptors (Lipinski definition) is 3. The van der Waals surface area contributed by atoms with E-state index in [9.17, 15) is 9.59 Å². The minimum atomic E-state index is -0.915. The third kappa shape index (κ3) is 7.93. The van der Waals surface area contributed by atoms with Crippen LogP contribution in [0.2, 0.25) is 0 Å². The van der Waals surface area contributed by atoms with E-state index in [1.807, 2.05) is 20.8 Å². The molecule has 15 heavy (non-hydrogen) atoms. The first-order valence-corrected chi connectivity index (χ1v) is 4.96. The Hall–Kier alpha value is -1.10. The highest BCUT2D eigenvalue weighted by molar-refractivity contribution is 5.79. The van der Waals surface area contributed by atoms with Gasteiger partial charge in [0, 0.05) is 6.04 Å². The van der Waals surface area contributed by atoms with Crippen LogP contribution in [0.5, 0.6) is 0 Å². The molecule has 0 aromatic carbocycles. The van der Waals surface area contributed by atoms with Gasteiger partial charge in [0.2, 0.25) is 5.91 Å². The van der Waals surface area contributed by atoms with Crippen molar-refractivity contribution in [2.24, 2.45) is 11.1 Å². The zero-order valence-corrected chi connectivity index (χ0v) is 9.54. The van der Waals surface area contributed by atoms with Gasteiger partial charge < -0.3 is 16.2 Å². The summed E-state index contributed by atoms with van der Waals surface area (Å²) in [4.78, 5) is 21.6. The smallest absolute Gasteiger partial charge is 0.305 e. The second kappa shape index (κ2) is 5.70. The van der Waals surface area contributed by atoms with E-state index >= 15 is 0 Å². The van der Waals surface area contributed by atoms with Gasteiger partial charge in [0.25, 0.3) is 0 Å². The van der Waals surface area contributed by atoms with Crippen LogP contribution in [0.15, 0.2) is 0 Å². The number of aliphatic carboxylic acids is 1. The first-order valence-electron chi connectivity index (χ1n) is 4.96. The third-order valence-electron chi connectivity index (χ3n) is 1.83. The lowest BCUT2D eigenvalue weighted by Crippen LogP contribution is -2.41. The Balaban J connectivity index is 4.31. The molecule has 0 aliphatic carbocycles. The van der Waals surface area contributed by atoms with Crippen LogP contribution in [-0.4, -0.2) is 29.6 Å². The minimum Gasteiger partial charge on any atom is -0.481 e. The molecule has 0 bridgehead atoms. The zero-order chi connectivity index (χ0) is 12.1. The van der Waals surface area contributed by atoms with Crippen molar-refractivity contribution in [1.29, 1.82) is 0 Å². The van der Waals surface area contributed by atoms with Crippen molar-refractivity contribution in [1.82, 2.24) is 5.32 Å². The average molecular weight is 216 g/mol. The summed E-state index contributed by atoms with van der Waals surface area (Å²) < 4.78 is 0. The first kappa shape index (κ1) is 13.9. The Morgan fingerprint density at radius 1 is 1.40 bits per heavy atom. The van der Waals surface area contributed by atoms with E-state index in [2.05, 4.69) is 5.32 Å². The molecule has 0 saturated heterocycles. The van der Waals surface area contributed by atoms with Crippen molar-refractivity contribution in [3.05, 3.63) is 0 Å². The van der Waals surface area contributed by atoms with Crippen molar-refractivity contribution in [3.8, 4) is 0 Å². The largest absolute Gasteiger partial charge is 0.481 e. The number of amides is 1. The Kier molecular flexibility index (Phi) is 5.28. The molecule has 5 nitrogen and oxygen atoms in total. The molecule has 0 heterocycles. The topological polar surface area (TPSA) is 92.4 Å². The molecule has 0 saturated carbocycles. The molecular formula is C10H20N2O3. The van der Waals surface area contributed by atoms with Gasteiger partial charge in [-0.05, 0) is 11.8 Å². The van der Waals surface area contributed by atoms with Gasteiger partial charge in [-0.1, -0.05) is 20.8 Å². The predicted molar refractivity (Wildman–Crippen MR) is 57.3 cm³/mol. The number of hydrogen-bond donors (Lipinski definition) is 3. The van der Waals surface area contributed by atoms with Crippen LogP contribution in [-0.2, 0) is 9.59 Å². The molecule has 4 N–H and O–H groups in total. The van der Waals surface area contributed by atoms with Gasteiger partial charge in [0.05, 0.1) is 13.0 Å². The van der Waals surface area contributed by atoms with Gasteiger partial charge in [-0.3, -0.25) is 9.59 Å². The van der Waals surface area contributed by atoms with Gasteiger partial charge in [-0.2, -0.15) is 0 Å². The lowest BCUT2D eigenvalue weighted by molar-refractivity contribution is -0.137. The number of rotatable bonds is 5. The van der Waals surface area contributed by atoms with Crippen molar-refractivity contribution < 1.29 is 14.7 Å². The molecule has 0 fully saturated rings. The normalized spacial score (nSPS) is 13.3. The highest BCUT2D eigenvalue weighted by Crippen LogP contribution is 2.22. The van der Waals surface area contributed by atoms with E-state index < -0.39 is 5.97 Å². The number of carbonyl (C=O) groups excluding carboxylic acids is 1. The Morgan fingerprint density at radius 2 is 1.93 bits per heavy atom. The Morgan fingerprint density at radius 3 is 2.27 bits per heavy atom. The molecule has 88 valence electrons. The molecule has 1 atom stereocenters. The Bertz CT molecular complexity index is 233. The summed E-state index contributed by atoms with van der Waals surface area (Å²) >= 11 is 0. The monoisotopic (exact) mass is 216 g/mol. The molecule has 5 heteroatoms. The second-order valence-corrected chi connectivity index (χ2v) is 4.83. The van der Waals surface area contributed by atoms with Crippen molar-refractivity contribution in [3.63, 3.8) is 0 Å². The molecule has 0 aliphatic heterocycles. The fourth-order valence-corrected chi connectivity index (χ4v) is 1.41. The maximum atomic E-state index is 11.1. The number of carbonyl (C=O) groups is 2. The SMILES string of the molecule is CC(C)(C)CC(CC(=O)O)NC(=O)CN. The van der Waals surface area contributed by atoms with Crippen LogP contribution in [0.1, 0.15) is 33.6 Å². The van der Waals surface area contributed by atoms with E-state index in [4.69, 9.17) is 10.8 Å². The van der Waals surface area contributed by atoms with Crippen LogP contribution < -0.4 is 11.1 Å². The third-order valence-corrected chi connectivity index (χ3v) is 1.83. The molecule has 0 aromatic rings. The van der Waals surface area contributed by atoms with E-state index in [1.165, 1.54) is 0 Å². The van der Waals surface area contributed by atoms with Crippen LogP contribution in [0.25, 0.3) is 0 Å². The van der Waals surface area contributed by atoms with Gasteiger partial charge in [0.1, 0.15) is 0 Å². The Labute approximate surface area is 90.0 Å².